The third kappa shape index (κ3) is 2.61. The van der Waals surface area contributed by atoms with Crippen molar-refractivity contribution in [2.45, 2.75) is 39.7 Å². The summed E-state index contributed by atoms with van der Waals surface area (Å²) in [5.41, 5.74) is 1.55. The summed E-state index contributed by atoms with van der Waals surface area (Å²) in [6.07, 6.45) is 4.49. The molecule has 0 radical (unpaired) electrons. The summed E-state index contributed by atoms with van der Waals surface area (Å²) in [6.45, 7) is 6.09. The van der Waals surface area contributed by atoms with Gasteiger partial charge in [0, 0.05) is 18.8 Å². The molecule has 0 amide bonds. The average Bonchev–Trinajstić information content (AvgIpc) is 2.61. The maximum absolute atomic E-state index is 9.94. The molecule has 2 rings (SSSR count). The Bertz CT molecular complexity index is 506. The number of aryl methyl sites for hydroxylation is 1. The number of aliphatic hydroxyl groups is 1. The molecular formula is C12H18N4O. The fraction of sp³-hybridized carbons (Fsp3) is 0.583. The fourth-order valence-corrected chi connectivity index (χ4v) is 1.99. The van der Waals surface area contributed by atoms with Crippen molar-refractivity contribution in [3.63, 3.8) is 0 Å². The third-order valence-corrected chi connectivity index (χ3v) is 2.74. The molecule has 0 aliphatic carbocycles. The molecule has 0 aromatic carbocycles. The average molecular weight is 234 g/mol. The van der Waals surface area contributed by atoms with Crippen molar-refractivity contribution in [3.8, 4) is 0 Å². The van der Waals surface area contributed by atoms with E-state index in [0.717, 1.165) is 23.6 Å². The molecular weight excluding hydrogens is 216 g/mol. The van der Waals surface area contributed by atoms with Crippen molar-refractivity contribution < 1.29 is 5.11 Å². The smallest absolute Gasteiger partial charge is 0.182 e. The summed E-state index contributed by atoms with van der Waals surface area (Å²) in [4.78, 5) is 4.28. The Hall–Kier alpha value is -1.49. The first-order chi connectivity index (χ1) is 8.08. The quantitative estimate of drug-likeness (QED) is 0.868. The molecule has 5 heteroatoms. The van der Waals surface area contributed by atoms with Crippen LogP contribution < -0.4 is 0 Å². The van der Waals surface area contributed by atoms with Gasteiger partial charge in [-0.15, -0.1) is 10.2 Å². The van der Waals surface area contributed by atoms with Gasteiger partial charge < -0.3 is 5.11 Å². The monoisotopic (exact) mass is 234 g/mol. The van der Waals surface area contributed by atoms with Gasteiger partial charge in [-0.2, -0.15) is 0 Å². The number of hydrogen-bond donors (Lipinski definition) is 1. The third-order valence-electron chi connectivity index (χ3n) is 2.74. The van der Waals surface area contributed by atoms with Gasteiger partial charge in [0.2, 0.25) is 0 Å². The van der Waals surface area contributed by atoms with E-state index in [9.17, 15) is 5.11 Å². The summed E-state index contributed by atoms with van der Waals surface area (Å²) in [5.74, 6) is 1.31. The van der Waals surface area contributed by atoms with Crippen LogP contribution in [0.5, 0.6) is 0 Å². The van der Waals surface area contributed by atoms with Crippen molar-refractivity contribution in [1.29, 1.82) is 0 Å². The van der Waals surface area contributed by atoms with Crippen LogP contribution in [0.15, 0.2) is 12.4 Å². The molecule has 92 valence electrons. The number of aromatic nitrogens is 4. The van der Waals surface area contributed by atoms with E-state index >= 15 is 0 Å². The van der Waals surface area contributed by atoms with E-state index in [4.69, 9.17) is 0 Å². The first-order valence-corrected chi connectivity index (χ1v) is 5.91. The number of aliphatic hydroxyl groups excluding tert-OH is 1. The predicted molar refractivity (Wildman–Crippen MR) is 64.7 cm³/mol. The lowest BCUT2D eigenvalue weighted by molar-refractivity contribution is 0.148. The van der Waals surface area contributed by atoms with Gasteiger partial charge in [-0.25, -0.2) is 0 Å². The van der Waals surface area contributed by atoms with E-state index in [1.165, 1.54) is 0 Å². The van der Waals surface area contributed by atoms with Crippen molar-refractivity contribution >= 4 is 5.65 Å². The molecule has 17 heavy (non-hydrogen) atoms. The zero-order chi connectivity index (χ0) is 12.4. The standard InChI is InChI=1S/C12H18N4O/c1-8(2)6-10(17)7-11-12-15-14-9(3)16(12)5-4-13-11/h4-5,8,10,17H,6-7H2,1-3H3. The van der Waals surface area contributed by atoms with Gasteiger partial charge >= 0.3 is 0 Å². The minimum atomic E-state index is -0.370. The molecule has 2 heterocycles. The van der Waals surface area contributed by atoms with E-state index in [-0.39, 0.29) is 6.10 Å². The van der Waals surface area contributed by atoms with Crippen LogP contribution in [0.1, 0.15) is 31.8 Å². The van der Waals surface area contributed by atoms with Gasteiger partial charge in [0.1, 0.15) is 5.82 Å². The zero-order valence-electron chi connectivity index (χ0n) is 10.5. The van der Waals surface area contributed by atoms with E-state index in [0.29, 0.717) is 12.3 Å². The lowest BCUT2D eigenvalue weighted by Gasteiger charge is -2.12. The van der Waals surface area contributed by atoms with Crippen LogP contribution in [-0.4, -0.2) is 30.8 Å². The van der Waals surface area contributed by atoms with Gasteiger partial charge in [-0.05, 0) is 19.3 Å². The lowest BCUT2D eigenvalue weighted by atomic mass is 10.0. The molecule has 5 nitrogen and oxygen atoms in total. The van der Waals surface area contributed by atoms with Crippen LogP contribution in [0.2, 0.25) is 0 Å². The summed E-state index contributed by atoms with van der Waals surface area (Å²) < 4.78 is 1.89. The molecule has 2 aromatic rings. The Labute approximate surface area is 101 Å². The van der Waals surface area contributed by atoms with Crippen LogP contribution in [0.3, 0.4) is 0 Å². The highest BCUT2D eigenvalue weighted by Crippen LogP contribution is 2.13. The normalized spacial score (nSPS) is 13.5. The summed E-state index contributed by atoms with van der Waals surface area (Å²) in [5, 5.41) is 18.0. The predicted octanol–water partition coefficient (Wildman–Crippen LogP) is 1.38. The molecule has 1 atom stereocenters. The highest BCUT2D eigenvalue weighted by Gasteiger charge is 2.13. The van der Waals surface area contributed by atoms with Crippen LogP contribution in [0, 0.1) is 12.8 Å². The second-order valence-electron chi connectivity index (χ2n) is 4.80. The second-order valence-corrected chi connectivity index (χ2v) is 4.80. The van der Waals surface area contributed by atoms with Crippen molar-refractivity contribution in [2.75, 3.05) is 0 Å². The first-order valence-electron chi connectivity index (χ1n) is 5.91. The maximum Gasteiger partial charge on any atom is 0.182 e. The highest BCUT2D eigenvalue weighted by molar-refractivity contribution is 5.43. The molecule has 2 aromatic heterocycles. The molecule has 0 aliphatic heterocycles. The minimum Gasteiger partial charge on any atom is -0.393 e. The van der Waals surface area contributed by atoms with Crippen molar-refractivity contribution in [2.24, 2.45) is 5.92 Å². The van der Waals surface area contributed by atoms with E-state index in [2.05, 4.69) is 29.0 Å². The van der Waals surface area contributed by atoms with Crippen LogP contribution in [0.4, 0.5) is 0 Å². The largest absolute Gasteiger partial charge is 0.393 e. The van der Waals surface area contributed by atoms with Gasteiger partial charge in [-0.1, -0.05) is 13.8 Å². The molecule has 0 aliphatic rings. The molecule has 0 saturated carbocycles. The maximum atomic E-state index is 9.94. The second kappa shape index (κ2) is 4.79. The molecule has 0 fully saturated rings. The van der Waals surface area contributed by atoms with E-state index < -0.39 is 0 Å². The minimum absolute atomic E-state index is 0.370. The molecule has 0 bridgehead atoms. The van der Waals surface area contributed by atoms with Gasteiger partial charge in [0.15, 0.2) is 5.65 Å². The Morgan fingerprint density at radius 3 is 2.82 bits per heavy atom. The summed E-state index contributed by atoms with van der Waals surface area (Å²) in [7, 11) is 0. The fourth-order valence-electron chi connectivity index (χ4n) is 1.99. The molecule has 0 spiro atoms. The van der Waals surface area contributed by atoms with E-state index in [1.54, 1.807) is 6.20 Å². The number of hydrogen-bond acceptors (Lipinski definition) is 4. The number of fused-ring (bicyclic) bond motifs is 1. The van der Waals surface area contributed by atoms with Crippen LogP contribution in [-0.2, 0) is 6.42 Å². The topological polar surface area (TPSA) is 63.3 Å². The highest BCUT2D eigenvalue weighted by atomic mass is 16.3. The van der Waals surface area contributed by atoms with Crippen LogP contribution in [0.25, 0.3) is 5.65 Å². The van der Waals surface area contributed by atoms with Gasteiger partial charge in [-0.3, -0.25) is 9.38 Å². The molecule has 0 saturated heterocycles. The summed E-state index contributed by atoms with van der Waals surface area (Å²) >= 11 is 0. The zero-order valence-corrected chi connectivity index (χ0v) is 10.5. The lowest BCUT2D eigenvalue weighted by Crippen LogP contribution is -2.15. The van der Waals surface area contributed by atoms with Gasteiger partial charge in [0.25, 0.3) is 0 Å². The Kier molecular flexibility index (Phi) is 3.38. The molecule has 1 unspecified atom stereocenters. The Morgan fingerprint density at radius 2 is 2.12 bits per heavy atom. The van der Waals surface area contributed by atoms with E-state index in [1.807, 2.05) is 17.5 Å². The Balaban J connectivity index is 2.24. The Morgan fingerprint density at radius 1 is 1.35 bits per heavy atom. The van der Waals surface area contributed by atoms with Crippen molar-refractivity contribution in [3.05, 3.63) is 23.9 Å². The number of rotatable bonds is 4. The first kappa shape index (κ1) is 12.0. The SMILES string of the molecule is Cc1nnc2c(CC(O)CC(C)C)nccn12. The van der Waals surface area contributed by atoms with Crippen molar-refractivity contribution in [1.82, 2.24) is 19.6 Å². The summed E-state index contributed by atoms with van der Waals surface area (Å²) in [6, 6.07) is 0. The van der Waals surface area contributed by atoms with Gasteiger partial charge in [0.05, 0.1) is 11.8 Å². The van der Waals surface area contributed by atoms with Crippen LogP contribution >= 0.6 is 0 Å². The number of nitrogens with zero attached hydrogens (tertiary/aromatic N) is 4. The molecule has 1 N–H and O–H groups in total.